The Morgan fingerprint density at radius 1 is 1.00 bits per heavy atom. The first kappa shape index (κ1) is 19.7. The summed E-state index contributed by atoms with van der Waals surface area (Å²) in [6.45, 7) is 0.315. The van der Waals surface area contributed by atoms with Gasteiger partial charge in [0.25, 0.3) is 0 Å². The maximum Gasteiger partial charge on any atom is 0.303 e. The molecule has 0 unspecified atom stereocenters. The maximum atomic E-state index is 13.2. The van der Waals surface area contributed by atoms with Gasteiger partial charge in [-0.05, 0) is 65.6 Å². The zero-order valence-corrected chi connectivity index (χ0v) is 16.6. The molecule has 1 aromatic heterocycles. The van der Waals surface area contributed by atoms with Crippen LogP contribution in [0.2, 0.25) is 0 Å². The quantitative estimate of drug-likeness (QED) is 0.438. The molecule has 0 spiro atoms. The maximum absolute atomic E-state index is 13.2. The number of aryl methyl sites for hydroxylation is 2. The molecule has 0 fully saturated rings. The van der Waals surface area contributed by atoms with Gasteiger partial charge in [-0.25, -0.2) is 4.39 Å². The number of halogens is 1. The third kappa shape index (κ3) is 4.35. The molecule has 0 aliphatic heterocycles. The van der Waals surface area contributed by atoms with E-state index in [0.717, 1.165) is 33.2 Å². The average molecular weight is 403 g/mol. The van der Waals surface area contributed by atoms with E-state index < -0.39 is 5.97 Å². The zero-order valence-electron chi connectivity index (χ0n) is 16.6. The van der Waals surface area contributed by atoms with E-state index in [4.69, 9.17) is 9.84 Å². The van der Waals surface area contributed by atoms with Crippen molar-refractivity contribution in [3.63, 3.8) is 0 Å². The number of carbonyl (C=O) groups is 1. The standard InChI is InChI=1S/C25H22FNO3/c1-27-13-12-20-15-19(6-9-23(20)27)22-14-17(5-11-25(28)29)4-10-24(22)30-16-18-2-7-21(26)8-3-18/h2-4,6-10,12-15H,5,11,16H2,1H3,(H,28,29). The normalized spacial score (nSPS) is 11.0. The first-order chi connectivity index (χ1) is 14.5. The Labute approximate surface area is 174 Å². The molecule has 0 aliphatic rings. The summed E-state index contributed by atoms with van der Waals surface area (Å²) in [7, 11) is 2.01. The van der Waals surface area contributed by atoms with Gasteiger partial charge < -0.3 is 14.4 Å². The molecule has 5 heteroatoms. The second-order valence-corrected chi connectivity index (χ2v) is 7.34. The number of hydrogen-bond donors (Lipinski definition) is 1. The number of ether oxygens (including phenoxy) is 1. The molecule has 0 saturated heterocycles. The molecule has 0 amide bonds. The zero-order chi connectivity index (χ0) is 21.1. The summed E-state index contributed by atoms with van der Waals surface area (Å²) in [4.78, 5) is 11.0. The van der Waals surface area contributed by atoms with E-state index in [1.54, 1.807) is 12.1 Å². The summed E-state index contributed by atoms with van der Waals surface area (Å²) >= 11 is 0. The van der Waals surface area contributed by atoms with Crippen LogP contribution in [-0.2, 0) is 24.9 Å². The van der Waals surface area contributed by atoms with Gasteiger partial charge in [0.15, 0.2) is 0 Å². The Morgan fingerprint density at radius 2 is 1.77 bits per heavy atom. The van der Waals surface area contributed by atoms with Crippen LogP contribution in [-0.4, -0.2) is 15.6 Å². The van der Waals surface area contributed by atoms with Crippen LogP contribution in [0, 0.1) is 5.82 Å². The van der Waals surface area contributed by atoms with Crippen molar-refractivity contribution in [1.82, 2.24) is 4.57 Å². The summed E-state index contributed by atoms with van der Waals surface area (Å²) in [5.74, 6) is -0.397. The van der Waals surface area contributed by atoms with Crippen molar-refractivity contribution in [2.75, 3.05) is 0 Å². The third-order valence-electron chi connectivity index (χ3n) is 5.18. The Balaban J connectivity index is 1.68. The molecule has 0 atom stereocenters. The Bertz CT molecular complexity index is 1190. The lowest BCUT2D eigenvalue weighted by Gasteiger charge is -2.14. The number of carboxylic acids is 1. The second kappa shape index (κ2) is 8.41. The topological polar surface area (TPSA) is 51.5 Å². The van der Waals surface area contributed by atoms with E-state index in [1.165, 1.54) is 12.1 Å². The number of aromatic nitrogens is 1. The van der Waals surface area contributed by atoms with Gasteiger partial charge in [-0.1, -0.05) is 24.3 Å². The van der Waals surface area contributed by atoms with Crippen molar-refractivity contribution in [3.05, 3.63) is 89.9 Å². The van der Waals surface area contributed by atoms with E-state index in [9.17, 15) is 9.18 Å². The molecule has 30 heavy (non-hydrogen) atoms. The highest BCUT2D eigenvalue weighted by molar-refractivity contribution is 5.87. The lowest BCUT2D eigenvalue weighted by Crippen LogP contribution is -2.00. The second-order valence-electron chi connectivity index (χ2n) is 7.34. The highest BCUT2D eigenvalue weighted by Crippen LogP contribution is 2.34. The summed E-state index contributed by atoms with van der Waals surface area (Å²) in [5, 5.41) is 10.1. The van der Waals surface area contributed by atoms with E-state index in [-0.39, 0.29) is 12.2 Å². The molecular weight excluding hydrogens is 381 g/mol. The van der Waals surface area contributed by atoms with E-state index in [1.807, 2.05) is 37.5 Å². The predicted molar refractivity (Wildman–Crippen MR) is 115 cm³/mol. The van der Waals surface area contributed by atoms with E-state index >= 15 is 0 Å². The Morgan fingerprint density at radius 3 is 2.53 bits per heavy atom. The fourth-order valence-corrected chi connectivity index (χ4v) is 3.53. The monoisotopic (exact) mass is 403 g/mol. The Kier molecular flexibility index (Phi) is 5.53. The van der Waals surface area contributed by atoms with Crippen molar-refractivity contribution in [3.8, 4) is 16.9 Å². The number of nitrogens with zero attached hydrogens (tertiary/aromatic N) is 1. The van der Waals surface area contributed by atoms with Crippen LogP contribution < -0.4 is 4.74 Å². The summed E-state index contributed by atoms with van der Waals surface area (Å²) in [5.41, 5.74) is 4.85. The van der Waals surface area contributed by atoms with Gasteiger partial charge in [0.05, 0.1) is 0 Å². The minimum atomic E-state index is -0.820. The predicted octanol–water partition coefficient (Wildman–Crippen LogP) is 5.58. The molecule has 4 nitrogen and oxygen atoms in total. The fraction of sp³-hybridized carbons (Fsp3) is 0.160. The first-order valence-corrected chi connectivity index (χ1v) is 9.77. The molecule has 152 valence electrons. The van der Waals surface area contributed by atoms with Gasteiger partial charge >= 0.3 is 5.97 Å². The first-order valence-electron chi connectivity index (χ1n) is 9.77. The molecule has 3 aromatic carbocycles. The third-order valence-corrected chi connectivity index (χ3v) is 5.18. The van der Waals surface area contributed by atoms with Gasteiger partial charge in [0, 0.05) is 36.1 Å². The molecule has 0 bridgehead atoms. The van der Waals surface area contributed by atoms with Crippen molar-refractivity contribution in [2.45, 2.75) is 19.4 Å². The van der Waals surface area contributed by atoms with Gasteiger partial charge in [-0.15, -0.1) is 0 Å². The molecule has 0 saturated carbocycles. The molecule has 0 aliphatic carbocycles. The molecule has 4 rings (SSSR count). The number of benzene rings is 3. The van der Waals surface area contributed by atoms with E-state index in [2.05, 4.69) is 22.8 Å². The van der Waals surface area contributed by atoms with Crippen molar-refractivity contribution < 1.29 is 19.0 Å². The van der Waals surface area contributed by atoms with Crippen LogP contribution >= 0.6 is 0 Å². The number of hydrogen-bond acceptors (Lipinski definition) is 2. The van der Waals surface area contributed by atoms with Crippen LogP contribution in [0.25, 0.3) is 22.0 Å². The van der Waals surface area contributed by atoms with Gasteiger partial charge in [-0.3, -0.25) is 4.79 Å². The van der Waals surface area contributed by atoms with Crippen LogP contribution in [0.5, 0.6) is 5.75 Å². The molecule has 4 aromatic rings. The minimum Gasteiger partial charge on any atom is -0.488 e. The Hall–Kier alpha value is -3.60. The lowest BCUT2D eigenvalue weighted by atomic mass is 9.98. The molecule has 0 radical (unpaired) electrons. The van der Waals surface area contributed by atoms with Crippen LogP contribution in [0.1, 0.15) is 17.5 Å². The van der Waals surface area contributed by atoms with E-state index in [0.29, 0.717) is 18.8 Å². The van der Waals surface area contributed by atoms with Gasteiger partial charge in [0.2, 0.25) is 0 Å². The van der Waals surface area contributed by atoms with Crippen molar-refractivity contribution >= 4 is 16.9 Å². The SMILES string of the molecule is Cn1ccc2cc(-c3cc(CCC(=O)O)ccc3OCc3ccc(F)cc3)ccc21. The van der Waals surface area contributed by atoms with Gasteiger partial charge in [0.1, 0.15) is 18.2 Å². The largest absolute Gasteiger partial charge is 0.488 e. The molecular formula is C25H22FNO3. The van der Waals surface area contributed by atoms with Gasteiger partial charge in [-0.2, -0.15) is 0 Å². The number of rotatable bonds is 7. The smallest absolute Gasteiger partial charge is 0.303 e. The van der Waals surface area contributed by atoms with Crippen molar-refractivity contribution in [1.29, 1.82) is 0 Å². The highest BCUT2D eigenvalue weighted by atomic mass is 19.1. The fourth-order valence-electron chi connectivity index (χ4n) is 3.53. The summed E-state index contributed by atoms with van der Waals surface area (Å²) in [6.07, 6.45) is 2.55. The van der Waals surface area contributed by atoms with Crippen LogP contribution in [0.4, 0.5) is 4.39 Å². The number of fused-ring (bicyclic) bond motifs is 1. The number of aliphatic carboxylic acids is 1. The highest BCUT2D eigenvalue weighted by Gasteiger charge is 2.11. The van der Waals surface area contributed by atoms with Crippen LogP contribution in [0.15, 0.2) is 72.9 Å². The molecule has 1 heterocycles. The van der Waals surface area contributed by atoms with Crippen molar-refractivity contribution in [2.24, 2.45) is 7.05 Å². The van der Waals surface area contributed by atoms with Crippen LogP contribution in [0.3, 0.4) is 0 Å². The lowest BCUT2D eigenvalue weighted by molar-refractivity contribution is -0.136. The summed E-state index contributed by atoms with van der Waals surface area (Å²) in [6, 6.07) is 20.3. The summed E-state index contributed by atoms with van der Waals surface area (Å²) < 4.78 is 21.3. The molecule has 1 N–H and O–H groups in total. The minimum absolute atomic E-state index is 0.0763. The number of carboxylic acid groups (broad SMARTS) is 1. The average Bonchev–Trinajstić information content (AvgIpc) is 3.12.